The van der Waals surface area contributed by atoms with Crippen molar-refractivity contribution in [2.45, 2.75) is 26.4 Å². The standard InChI is InChI=1S/C22H25Cl2N3O3/c1-3-21(28)27-12-10-26(11-13-27)19-7-5-4-6-18(19)25-22(29)15(2)30-20-9-8-16(23)14-17(20)24/h4-9,14-15H,3,10-13H2,1-2H3,(H,25,29)/t15-/m0/s1. The van der Waals surface area contributed by atoms with Crippen LogP contribution in [0.3, 0.4) is 0 Å². The van der Waals surface area contributed by atoms with Crippen LogP contribution in [0.5, 0.6) is 5.75 Å². The molecular weight excluding hydrogens is 425 g/mol. The molecule has 1 heterocycles. The van der Waals surface area contributed by atoms with E-state index in [-0.39, 0.29) is 11.8 Å². The highest BCUT2D eigenvalue weighted by Gasteiger charge is 2.23. The summed E-state index contributed by atoms with van der Waals surface area (Å²) in [5, 5.41) is 3.80. The van der Waals surface area contributed by atoms with Gasteiger partial charge in [0.25, 0.3) is 5.91 Å². The van der Waals surface area contributed by atoms with Crippen molar-refractivity contribution in [3.63, 3.8) is 0 Å². The predicted molar refractivity (Wildman–Crippen MR) is 121 cm³/mol. The van der Waals surface area contributed by atoms with Crippen LogP contribution in [0.25, 0.3) is 0 Å². The van der Waals surface area contributed by atoms with Gasteiger partial charge in [-0.15, -0.1) is 0 Å². The fourth-order valence-electron chi connectivity index (χ4n) is 3.32. The molecule has 0 unspecified atom stereocenters. The van der Waals surface area contributed by atoms with Gasteiger partial charge in [0.15, 0.2) is 6.10 Å². The number of hydrogen-bond donors (Lipinski definition) is 1. The molecule has 30 heavy (non-hydrogen) atoms. The lowest BCUT2D eigenvalue weighted by Gasteiger charge is -2.37. The zero-order valence-electron chi connectivity index (χ0n) is 17.0. The van der Waals surface area contributed by atoms with E-state index in [2.05, 4.69) is 10.2 Å². The molecule has 0 spiro atoms. The first kappa shape index (κ1) is 22.2. The van der Waals surface area contributed by atoms with Gasteiger partial charge in [0.1, 0.15) is 5.75 Å². The first-order valence-electron chi connectivity index (χ1n) is 9.93. The number of benzene rings is 2. The van der Waals surface area contributed by atoms with Crippen molar-refractivity contribution in [3.8, 4) is 5.75 Å². The van der Waals surface area contributed by atoms with Gasteiger partial charge in [0, 0.05) is 37.6 Å². The zero-order valence-corrected chi connectivity index (χ0v) is 18.5. The molecule has 1 fully saturated rings. The number of carbonyl (C=O) groups excluding carboxylic acids is 2. The Bertz CT molecular complexity index is 914. The molecule has 6 nitrogen and oxygen atoms in total. The summed E-state index contributed by atoms with van der Waals surface area (Å²) >= 11 is 12.0. The minimum Gasteiger partial charge on any atom is -0.479 e. The van der Waals surface area contributed by atoms with E-state index in [1.54, 1.807) is 25.1 Å². The molecule has 0 bridgehead atoms. The number of rotatable bonds is 6. The van der Waals surface area contributed by atoms with Crippen molar-refractivity contribution < 1.29 is 14.3 Å². The third-order valence-electron chi connectivity index (χ3n) is 5.00. The fraction of sp³-hybridized carbons (Fsp3) is 0.364. The minimum atomic E-state index is -0.754. The van der Waals surface area contributed by atoms with Crippen molar-refractivity contribution in [1.29, 1.82) is 0 Å². The van der Waals surface area contributed by atoms with Crippen molar-refractivity contribution in [2.24, 2.45) is 0 Å². The van der Waals surface area contributed by atoms with Gasteiger partial charge < -0.3 is 19.9 Å². The van der Waals surface area contributed by atoms with E-state index in [9.17, 15) is 9.59 Å². The van der Waals surface area contributed by atoms with Crippen LogP contribution < -0.4 is 15.0 Å². The molecule has 2 aromatic carbocycles. The van der Waals surface area contributed by atoms with Gasteiger partial charge in [-0.05, 0) is 37.3 Å². The van der Waals surface area contributed by atoms with Crippen LogP contribution in [0.15, 0.2) is 42.5 Å². The average Bonchev–Trinajstić information content (AvgIpc) is 2.75. The van der Waals surface area contributed by atoms with Gasteiger partial charge in [0.05, 0.1) is 16.4 Å². The van der Waals surface area contributed by atoms with Crippen LogP contribution in [0.4, 0.5) is 11.4 Å². The molecule has 2 aromatic rings. The van der Waals surface area contributed by atoms with Gasteiger partial charge in [0.2, 0.25) is 5.91 Å². The molecule has 2 amide bonds. The summed E-state index contributed by atoms with van der Waals surface area (Å²) in [5.74, 6) is 0.282. The number of hydrogen-bond acceptors (Lipinski definition) is 4. The summed E-state index contributed by atoms with van der Waals surface area (Å²) in [6.07, 6.45) is -0.238. The Labute approximate surface area is 186 Å². The lowest BCUT2D eigenvalue weighted by molar-refractivity contribution is -0.131. The maximum atomic E-state index is 12.7. The lowest BCUT2D eigenvalue weighted by atomic mass is 10.2. The fourth-order valence-corrected chi connectivity index (χ4v) is 3.78. The molecule has 3 rings (SSSR count). The van der Waals surface area contributed by atoms with E-state index >= 15 is 0 Å². The van der Waals surface area contributed by atoms with Crippen molar-refractivity contribution in [2.75, 3.05) is 36.4 Å². The maximum Gasteiger partial charge on any atom is 0.265 e. The Morgan fingerprint density at radius 1 is 1.10 bits per heavy atom. The largest absolute Gasteiger partial charge is 0.479 e. The second-order valence-electron chi connectivity index (χ2n) is 7.06. The van der Waals surface area contributed by atoms with E-state index in [0.29, 0.717) is 54.1 Å². The lowest BCUT2D eigenvalue weighted by Crippen LogP contribution is -2.48. The second kappa shape index (κ2) is 10.0. The molecule has 0 aromatic heterocycles. The van der Waals surface area contributed by atoms with Gasteiger partial charge in [-0.25, -0.2) is 0 Å². The van der Waals surface area contributed by atoms with E-state index in [1.165, 1.54) is 0 Å². The number of nitrogens with one attached hydrogen (secondary N) is 1. The number of amides is 2. The Hall–Kier alpha value is -2.44. The minimum absolute atomic E-state index is 0.170. The number of anilines is 2. The van der Waals surface area contributed by atoms with Crippen LogP contribution in [0.1, 0.15) is 20.3 Å². The quantitative estimate of drug-likeness (QED) is 0.706. The molecule has 1 N–H and O–H groups in total. The highest BCUT2D eigenvalue weighted by Crippen LogP contribution is 2.30. The molecule has 160 valence electrons. The average molecular weight is 450 g/mol. The van der Waals surface area contributed by atoms with E-state index in [4.69, 9.17) is 27.9 Å². The van der Waals surface area contributed by atoms with E-state index in [1.807, 2.05) is 36.1 Å². The third kappa shape index (κ3) is 5.37. The molecule has 1 saturated heterocycles. The van der Waals surface area contributed by atoms with Crippen LogP contribution in [-0.2, 0) is 9.59 Å². The summed E-state index contributed by atoms with van der Waals surface area (Å²) in [5.41, 5.74) is 1.63. The molecule has 1 aliphatic heterocycles. The maximum absolute atomic E-state index is 12.7. The normalized spacial score (nSPS) is 14.9. The predicted octanol–water partition coefficient (Wildman–Crippen LogP) is 4.46. The van der Waals surface area contributed by atoms with Crippen molar-refractivity contribution in [1.82, 2.24) is 4.90 Å². The number of carbonyl (C=O) groups is 2. The molecule has 8 heteroatoms. The van der Waals surface area contributed by atoms with Crippen LogP contribution in [0, 0.1) is 0 Å². The second-order valence-corrected chi connectivity index (χ2v) is 7.91. The highest BCUT2D eigenvalue weighted by molar-refractivity contribution is 6.35. The summed E-state index contributed by atoms with van der Waals surface area (Å²) in [6.45, 7) is 6.31. The molecule has 0 saturated carbocycles. The van der Waals surface area contributed by atoms with Crippen LogP contribution in [0.2, 0.25) is 10.0 Å². The van der Waals surface area contributed by atoms with E-state index in [0.717, 1.165) is 5.69 Å². The Kier molecular flexibility index (Phi) is 7.45. The smallest absolute Gasteiger partial charge is 0.265 e. The number of piperazine rings is 1. The topological polar surface area (TPSA) is 61.9 Å². The molecule has 1 atom stereocenters. The van der Waals surface area contributed by atoms with Crippen molar-refractivity contribution in [3.05, 3.63) is 52.5 Å². The number of ether oxygens (including phenoxy) is 1. The zero-order chi connectivity index (χ0) is 21.7. The number of halogens is 2. The third-order valence-corrected chi connectivity index (χ3v) is 5.53. The first-order chi connectivity index (χ1) is 14.4. The molecule has 1 aliphatic rings. The van der Waals surface area contributed by atoms with Crippen molar-refractivity contribution >= 4 is 46.4 Å². The van der Waals surface area contributed by atoms with Crippen LogP contribution in [-0.4, -0.2) is 49.0 Å². The van der Waals surface area contributed by atoms with Gasteiger partial charge >= 0.3 is 0 Å². The van der Waals surface area contributed by atoms with Gasteiger partial charge in [-0.1, -0.05) is 42.3 Å². The van der Waals surface area contributed by atoms with E-state index < -0.39 is 6.10 Å². The first-order valence-corrected chi connectivity index (χ1v) is 10.7. The Morgan fingerprint density at radius 2 is 1.80 bits per heavy atom. The summed E-state index contributed by atoms with van der Waals surface area (Å²) in [4.78, 5) is 28.7. The number of para-hydroxylation sites is 2. The molecular formula is C22H25Cl2N3O3. The van der Waals surface area contributed by atoms with Gasteiger partial charge in [-0.2, -0.15) is 0 Å². The monoisotopic (exact) mass is 449 g/mol. The summed E-state index contributed by atoms with van der Waals surface area (Å²) in [7, 11) is 0. The number of nitrogens with zero attached hydrogens (tertiary/aromatic N) is 2. The SMILES string of the molecule is CCC(=O)N1CCN(c2ccccc2NC(=O)[C@H](C)Oc2ccc(Cl)cc2Cl)CC1. The molecule has 0 aliphatic carbocycles. The van der Waals surface area contributed by atoms with Gasteiger partial charge in [-0.3, -0.25) is 9.59 Å². The molecule has 0 radical (unpaired) electrons. The summed E-state index contributed by atoms with van der Waals surface area (Å²) in [6, 6.07) is 12.5. The Balaban J connectivity index is 1.65. The Morgan fingerprint density at radius 3 is 2.47 bits per heavy atom. The van der Waals surface area contributed by atoms with Crippen LogP contribution >= 0.6 is 23.2 Å². The highest BCUT2D eigenvalue weighted by atomic mass is 35.5. The summed E-state index contributed by atoms with van der Waals surface area (Å²) < 4.78 is 5.71.